The zero-order valence-corrected chi connectivity index (χ0v) is 6.21. The summed E-state index contributed by atoms with van der Waals surface area (Å²) in [6, 6.07) is 0. The largest absolute Gasteiger partial charge is 0.212 e. The molecule has 0 fully saturated rings. The Morgan fingerprint density at radius 3 is 3.18 bits per heavy atom. The molecule has 0 aromatic heterocycles. The van der Waals surface area contributed by atoms with E-state index in [1.807, 2.05) is 0 Å². The van der Waals surface area contributed by atoms with E-state index >= 15 is 0 Å². The van der Waals surface area contributed by atoms with Gasteiger partial charge < -0.3 is 0 Å². The summed E-state index contributed by atoms with van der Waals surface area (Å²) < 4.78 is 10.5. The number of hydrogen-bond donors (Lipinski definition) is 0. The molecular formula is C6H3N3OS. The van der Waals surface area contributed by atoms with Crippen LogP contribution in [0.1, 0.15) is 0 Å². The van der Waals surface area contributed by atoms with E-state index in [1.54, 1.807) is 18.2 Å². The van der Waals surface area contributed by atoms with Gasteiger partial charge in [-0.25, -0.2) is 4.21 Å². The molecule has 0 saturated heterocycles. The lowest BCUT2D eigenvalue weighted by Gasteiger charge is -1.99. The second-order valence-corrected chi connectivity index (χ2v) is 2.60. The first kappa shape index (κ1) is 6.36. The molecule has 11 heavy (non-hydrogen) atoms. The van der Waals surface area contributed by atoms with Crippen LogP contribution in [0.2, 0.25) is 0 Å². The van der Waals surface area contributed by atoms with Gasteiger partial charge >= 0.3 is 0 Å². The number of nitrogens with zero attached hydrogens (tertiary/aromatic N) is 3. The summed E-state index contributed by atoms with van der Waals surface area (Å²) in [6.07, 6.45) is 5.24. The van der Waals surface area contributed by atoms with Gasteiger partial charge in [-0.2, -0.15) is 0 Å². The van der Waals surface area contributed by atoms with Crippen molar-refractivity contribution in [3.8, 4) is 0 Å². The van der Waals surface area contributed by atoms with Crippen molar-refractivity contribution < 1.29 is 4.21 Å². The molecule has 1 aliphatic heterocycles. The Bertz CT molecular complexity index is 371. The second-order valence-electron chi connectivity index (χ2n) is 2.00. The van der Waals surface area contributed by atoms with E-state index in [2.05, 4.69) is 15.4 Å². The van der Waals surface area contributed by atoms with Crippen molar-refractivity contribution in [2.45, 2.75) is 0 Å². The summed E-state index contributed by atoms with van der Waals surface area (Å²) in [7, 11) is 0. The molecule has 0 aromatic rings. The smallest absolute Gasteiger partial charge is 0.135 e. The second kappa shape index (κ2) is 2.35. The highest BCUT2D eigenvalue weighted by Gasteiger charge is 2.18. The van der Waals surface area contributed by atoms with Crippen LogP contribution < -0.4 is 0 Å². The molecule has 0 atom stereocenters. The molecule has 1 aliphatic carbocycles. The fourth-order valence-corrected chi connectivity index (χ4v) is 1.23. The number of hydrogen-bond acceptors (Lipinski definition) is 4. The number of allylic oxidation sites excluding steroid dienone is 4. The van der Waals surface area contributed by atoms with E-state index < -0.39 is 0 Å². The van der Waals surface area contributed by atoms with Gasteiger partial charge in [0.1, 0.15) is 11.4 Å². The number of rotatable bonds is 0. The van der Waals surface area contributed by atoms with Crippen molar-refractivity contribution in [3.63, 3.8) is 0 Å². The molecule has 0 aromatic carbocycles. The topological polar surface area (TPSA) is 54.1 Å². The van der Waals surface area contributed by atoms with Crippen LogP contribution in [0.25, 0.3) is 0 Å². The maximum Gasteiger partial charge on any atom is 0.135 e. The molecule has 2 rings (SSSR count). The fraction of sp³-hybridized carbons (Fsp3) is 0. The van der Waals surface area contributed by atoms with E-state index in [0.717, 1.165) is 0 Å². The lowest BCUT2D eigenvalue weighted by molar-refractivity contribution is 0.701. The predicted molar refractivity (Wildman–Crippen MR) is 42.7 cm³/mol. The highest BCUT2D eigenvalue weighted by molar-refractivity contribution is 7.69. The molecule has 0 unspecified atom stereocenters. The molecule has 1 heterocycles. The zero-order valence-electron chi connectivity index (χ0n) is 5.39. The lowest BCUT2D eigenvalue weighted by atomic mass is 10.1. The lowest BCUT2D eigenvalue weighted by Crippen LogP contribution is -2.13. The van der Waals surface area contributed by atoms with Gasteiger partial charge in [0.15, 0.2) is 0 Å². The molecule has 0 radical (unpaired) electrons. The summed E-state index contributed by atoms with van der Waals surface area (Å²) in [4.78, 5) is 0.576. The Morgan fingerprint density at radius 1 is 1.45 bits per heavy atom. The van der Waals surface area contributed by atoms with Crippen molar-refractivity contribution in [2.75, 3.05) is 0 Å². The molecule has 0 amide bonds. The average Bonchev–Trinajstić information content (AvgIpc) is 2.50. The van der Waals surface area contributed by atoms with Crippen LogP contribution in [0.4, 0.5) is 0 Å². The third-order valence-corrected chi connectivity index (χ3v) is 1.87. The van der Waals surface area contributed by atoms with Gasteiger partial charge in [-0.15, -0.1) is 10.2 Å². The molecule has 0 saturated carbocycles. The first-order chi connectivity index (χ1) is 5.42. The summed E-state index contributed by atoms with van der Waals surface area (Å²) >= 11 is 0.410. The highest BCUT2D eigenvalue weighted by atomic mass is 32.1. The Morgan fingerprint density at radius 2 is 2.36 bits per heavy atom. The minimum atomic E-state index is 0.410. The van der Waals surface area contributed by atoms with E-state index in [-0.39, 0.29) is 0 Å². The van der Waals surface area contributed by atoms with Gasteiger partial charge in [0, 0.05) is 0 Å². The molecule has 0 bridgehead atoms. The van der Waals surface area contributed by atoms with Crippen LogP contribution in [0, 0.1) is 0 Å². The van der Waals surface area contributed by atoms with E-state index in [0.29, 0.717) is 27.5 Å². The third kappa shape index (κ3) is 0.894. The van der Waals surface area contributed by atoms with Gasteiger partial charge in [0.25, 0.3) is 0 Å². The van der Waals surface area contributed by atoms with Gasteiger partial charge in [0.2, 0.25) is 0 Å². The average molecular weight is 165 g/mol. The SMILES string of the molecule is O=S=C1C=CC=C2N=NN=C21. The maximum atomic E-state index is 10.5. The number of fused-ring (bicyclic) bond motifs is 1. The Kier molecular flexibility index (Phi) is 1.36. The quantitative estimate of drug-likeness (QED) is 0.486. The van der Waals surface area contributed by atoms with Crippen LogP contribution in [0.5, 0.6) is 0 Å². The Hall–Kier alpha value is -1.36. The van der Waals surface area contributed by atoms with Gasteiger partial charge in [-0.3, -0.25) is 0 Å². The van der Waals surface area contributed by atoms with E-state index in [4.69, 9.17) is 0 Å². The third-order valence-electron chi connectivity index (χ3n) is 1.36. The normalized spacial score (nSPS) is 19.5. The monoisotopic (exact) mass is 165 g/mol. The molecular weight excluding hydrogens is 162 g/mol. The van der Waals surface area contributed by atoms with Crippen molar-refractivity contribution >= 4 is 21.8 Å². The summed E-state index contributed by atoms with van der Waals surface area (Å²) in [5.74, 6) is 0. The van der Waals surface area contributed by atoms with Crippen LogP contribution in [-0.4, -0.2) is 14.8 Å². The zero-order chi connectivity index (χ0) is 7.68. The minimum Gasteiger partial charge on any atom is -0.212 e. The van der Waals surface area contributed by atoms with Crippen molar-refractivity contribution in [2.24, 2.45) is 15.4 Å². The van der Waals surface area contributed by atoms with Crippen molar-refractivity contribution in [1.82, 2.24) is 0 Å². The van der Waals surface area contributed by atoms with Crippen LogP contribution in [0.3, 0.4) is 0 Å². The molecule has 54 valence electrons. The first-order valence-corrected chi connectivity index (χ1v) is 3.70. The first-order valence-electron chi connectivity index (χ1n) is 2.96. The summed E-state index contributed by atoms with van der Waals surface area (Å²) in [5, 5.41) is 10.9. The van der Waals surface area contributed by atoms with E-state index in [1.165, 1.54) is 0 Å². The van der Waals surface area contributed by atoms with Gasteiger partial charge in [0.05, 0.1) is 16.1 Å². The van der Waals surface area contributed by atoms with E-state index in [9.17, 15) is 4.21 Å². The van der Waals surface area contributed by atoms with Crippen molar-refractivity contribution in [1.29, 1.82) is 0 Å². The van der Waals surface area contributed by atoms with Crippen LogP contribution >= 0.6 is 0 Å². The summed E-state index contributed by atoms with van der Waals surface area (Å²) in [5.41, 5.74) is 1.26. The fourth-order valence-electron chi connectivity index (χ4n) is 0.874. The highest BCUT2D eigenvalue weighted by Crippen LogP contribution is 2.14. The summed E-state index contributed by atoms with van der Waals surface area (Å²) in [6.45, 7) is 0. The molecule has 5 heteroatoms. The maximum absolute atomic E-state index is 10.5. The van der Waals surface area contributed by atoms with Gasteiger partial charge in [-0.05, 0) is 17.4 Å². The minimum absolute atomic E-state index is 0.410. The molecule has 0 N–H and O–H groups in total. The molecule has 0 spiro atoms. The van der Waals surface area contributed by atoms with Crippen molar-refractivity contribution in [3.05, 3.63) is 23.9 Å². The standard InChI is InChI=1S/C6H3N3OS/c10-11-5-3-1-2-4-6(5)8-9-7-4/h1-3H. The van der Waals surface area contributed by atoms with Gasteiger partial charge in [-0.1, -0.05) is 6.08 Å². The Labute approximate surface area is 66.1 Å². The Balaban J connectivity index is 2.59. The molecule has 4 nitrogen and oxygen atoms in total. The van der Waals surface area contributed by atoms with Crippen LogP contribution in [0.15, 0.2) is 39.4 Å². The molecule has 2 aliphatic rings. The predicted octanol–water partition coefficient (Wildman–Crippen LogP) is 0.647. The van der Waals surface area contributed by atoms with Crippen LogP contribution in [-0.2, 0) is 11.3 Å².